The Balaban J connectivity index is 2.10. The van der Waals surface area contributed by atoms with E-state index in [9.17, 15) is 12.8 Å². The Hall–Kier alpha value is -2.41. The summed E-state index contributed by atoms with van der Waals surface area (Å²) < 4.78 is 42.9. The molecule has 0 amide bonds. The number of nitrogens with one attached hydrogen (secondary N) is 1. The molecule has 0 fully saturated rings. The third-order valence-corrected chi connectivity index (χ3v) is 5.05. The summed E-state index contributed by atoms with van der Waals surface area (Å²) in [7, 11) is -3.80. The van der Waals surface area contributed by atoms with Crippen LogP contribution in [0.2, 0.25) is 0 Å². The molecule has 0 aliphatic heterocycles. The number of fused-ring (bicyclic) bond motifs is 1. The van der Waals surface area contributed by atoms with Crippen molar-refractivity contribution in [2.75, 3.05) is 4.72 Å². The number of halogens is 1. The molecule has 2 heterocycles. The van der Waals surface area contributed by atoms with Gasteiger partial charge in [-0.05, 0) is 49.7 Å². The predicted molar refractivity (Wildman–Crippen MR) is 87.4 cm³/mol. The maximum atomic E-state index is 13.2. The second kappa shape index (κ2) is 5.66. The van der Waals surface area contributed by atoms with Gasteiger partial charge < -0.3 is 4.57 Å². The van der Waals surface area contributed by atoms with Crippen LogP contribution in [0.5, 0.6) is 0 Å². The molecule has 23 heavy (non-hydrogen) atoms. The molecule has 7 heteroatoms. The highest BCUT2D eigenvalue weighted by Crippen LogP contribution is 2.27. The van der Waals surface area contributed by atoms with Gasteiger partial charge in [0.2, 0.25) is 0 Å². The highest BCUT2D eigenvalue weighted by Gasteiger charge is 2.22. The molecule has 0 spiro atoms. The Morgan fingerprint density at radius 1 is 1.30 bits per heavy atom. The normalized spacial score (nSPS) is 11.8. The van der Waals surface area contributed by atoms with Gasteiger partial charge in [0.15, 0.2) is 0 Å². The highest BCUT2D eigenvalue weighted by molar-refractivity contribution is 7.93. The van der Waals surface area contributed by atoms with E-state index >= 15 is 0 Å². The molecule has 0 radical (unpaired) electrons. The molecule has 1 aromatic carbocycles. The average molecular weight is 333 g/mol. The van der Waals surface area contributed by atoms with Crippen molar-refractivity contribution in [2.24, 2.45) is 0 Å². The molecular weight excluding hydrogens is 317 g/mol. The van der Waals surface area contributed by atoms with Crippen molar-refractivity contribution in [2.45, 2.75) is 25.3 Å². The van der Waals surface area contributed by atoms with Crippen LogP contribution >= 0.6 is 0 Å². The van der Waals surface area contributed by atoms with Gasteiger partial charge in [-0.1, -0.05) is 0 Å². The minimum atomic E-state index is -3.80. The number of rotatable bonds is 4. The van der Waals surface area contributed by atoms with E-state index < -0.39 is 15.8 Å². The number of pyridine rings is 1. The number of aryl methyl sites for hydroxylation is 2. The van der Waals surface area contributed by atoms with Crippen LogP contribution in [0.25, 0.3) is 11.0 Å². The molecule has 1 N–H and O–H groups in total. The van der Waals surface area contributed by atoms with Gasteiger partial charge in [0.1, 0.15) is 16.4 Å². The minimum absolute atomic E-state index is 0.158. The SMILES string of the molecule is CCn1cc(S(=O)(=O)Nc2ccc(F)cc2C)c2cccnc21. The third kappa shape index (κ3) is 2.79. The fourth-order valence-corrected chi connectivity index (χ4v) is 3.83. The zero-order chi connectivity index (χ0) is 16.6. The van der Waals surface area contributed by atoms with Crippen LogP contribution in [-0.2, 0) is 16.6 Å². The van der Waals surface area contributed by atoms with E-state index in [-0.39, 0.29) is 4.90 Å². The summed E-state index contributed by atoms with van der Waals surface area (Å²) in [5.74, 6) is -0.405. The Kier molecular flexibility index (Phi) is 3.81. The van der Waals surface area contributed by atoms with Gasteiger partial charge in [0, 0.05) is 24.3 Å². The lowest BCUT2D eigenvalue weighted by atomic mass is 10.2. The number of hydrogen-bond acceptors (Lipinski definition) is 3. The summed E-state index contributed by atoms with van der Waals surface area (Å²) in [4.78, 5) is 4.40. The summed E-state index contributed by atoms with van der Waals surface area (Å²) in [6.07, 6.45) is 3.20. The second-order valence-electron chi connectivity index (χ2n) is 5.22. The van der Waals surface area contributed by atoms with Gasteiger partial charge in [-0.2, -0.15) is 0 Å². The van der Waals surface area contributed by atoms with E-state index in [1.807, 2.05) is 6.92 Å². The fraction of sp³-hybridized carbons (Fsp3) is 0.188. The standard InChI is InChI=1S/C16H16FN3O2S/c1-3-20-10-15(13-5-4-8-18-16(13)20)23(21,22)19-14-7-6-12(17)9-11(14)2/h4-10,19H,3H2,1-2H3. The quantitative estimate of drug-likeness (QED) is 0.797. The summed E-state index contributed by atoms with van der Waals surface area (Å²) >= 11 is 0. The molecule has 0 unspecified atom stereocenters. The van der Waals surface area contributed by atoms with Crippen molar-refractivity contribution in [3.63, 3.8) is 0 Å². The third-order valence-electron chi connectivity index (χ3n) is 3.66. The molecular formula is C16H16FN3O2S. The minimum Gasteiger partial charge on any atom is -0.331 e. The van der Waals surface area contributed by atoms with Gasteiger partial charge in [-0.25, -0.2) is 17.8 Å². The van der Waals surface area contributed by atoms with Crippen LogP contribution in [0.3, 0.4) is 0 Å². The molecule has 5 nitrogen and oxygen atoms in total. The van der Waals surface area contributed by atoms with E-state index in [2.05, 4.69) is 9.71 Å². The zero-order valence-corrected chi connectivity index (χ0v) is 13.6. The topological polar surface area (TPSA) is 64.0 Å². The lowest BCUT2D eigenvalue weighted by Crippen LogP contribution is -2.13. The summed E-state index contributed by atoms with van der Waals surface area (Å²) in [5, 5.41) is 0.557. The van der Waals surface area contributed by atoms with E-state index in [1.54, 1.807) is 36.0 Å². The molecule has 0 saturated heterocycles. The van der Waals surface area contributed by atoms with E-state index in [4.69, 9.17) is 0 Å². The van der Waals surface area contributed by atoms with Crippen molar-refractivity contribution in [1.82, 2.24) is 9.55 Å². The molecule has 0 saturated carbocycles. The second-order valence-corrected chi connectivity index (χ2v) is 6.87. The van der Waals surface area contributed by atoms with Crippen LogP contribution < -0.4 is 4.72 Å². The van der Waals surface area contributed by atoms with Gasteiger partial charge in [-0.3, -0.25) is 4.72 Å². The van der Waals surface area contributed by atoms with Gasteiger partial charge in [0.05, 0.1) is 5.69 Å². The fourth-order valence-electron chi connectivity index (χ4n) is 2.49. The van der Waals surface area contributed by atoms with E-state index in [0.717, 1.165) is 0 Å². The van der Waals surface area contributed by atoms with E-state index in [0.29, 0.717) is 28.8 Å². The molecule has 0 aliphatic rings. The zero-order valence-electron chi connectivity index (χ0n) is 12.7. The van der Waals surface area contributed by atoms with Crippen molar-refractivity contribution in [1.29, 1.82) is 0 Å². The first-order chi connectivity index (χ1) is 10.9. The van der Waals surface area contributed by atoms with Crippen LogP contribution in [-0.4, -0.2) is 18.0 Å². The van der Waals surface area contributed by atoms with Crippen molar-refractivity contribution >= 4 is 26.7 Å². The first-order valence-electron chi connectivity index (χ1n) is 7.15. The summed E-state index contributed by atoms with van der Waals surface area (Å²) in [5.41, 5.74) is 1.49. The van der Waals surface area contributed by atoms with E-state index in [1.165, 1.54) is 18.2 Å². The van der Waals surface area contributed by atoms with Gasteiger partial charge in [0.25, 0.3) is 10.0 Å². The molecule has 2 aromatic heterocycles. The Labute approximate surface area is 133 Å². The van der Waals surface area contributed by atoms with Crippen LogP contribution in [0, 0.1) is 12.7 Å². The van der Waals surface area contributed by atoms with Crippen LogP contribution in [0.1, 0.15) is 12.5 Å². The molecule has 0 bridgehead atoms. The smallest absolute Gasteiger partial charge is 0.264 e. The largest absolute Gasteiger partial charge is 0.331 e. The predicted octanol–water partition coefficient (Wildman–Crippen LogP) is 3.30. The maximum absolute atomic E-state index is 13.2. The van der Waals surface area contributed by atoms with Crippen LogP contribution in [0.15, 0.2) is 47.6 Å². The van der Waals surface area contributed by atoms with Crippen LogP contribution in [0.4, 0.5) is 10.1 Å². The lowest BCUT2D eigenvalue weighted by molar-refractivity contribution is 0.601. The summed E-state index contributed by atoms with van der Waals surface area (Å²) in [6, 6.07) is 7.35. The molecule has 0 atom stereocenters. The molecule has 3 rings (SSSR count). The number of sulfonamides is 1. The Morgan fingerprint density at radius 2 is 2.09 bits per heavy atom. The molecule has 120 valence electrons. The summed E-state index contributed by atoms with van der Waals surface area (Å²) in [6.45, 7) is 4.18. The Bertz CT molecular complexity index is 980. The monoisotopic (exact) mass is 333 g/mol. The van der Waals surface area contributed by atoms with Crippen molar-refractivity contribution in [3.8, 4) is 0 Å². The molecule has 3 aromatic rings. The number of aromatic nitrogens is 2. The van der Waals surface area contributed by atoms with Gasteiger partial charge in [-0.15, -0.1) is 0 Å². The number of benzene rings is 1. The highest BCUT2D eigenvalue weighted by atomic mass is 32.2. The first-order valence-corrected chi connectivity index (χ1v) is 8.63. The number of anilines is 1. The average Bonchev–Trinajstić information content (AvgIpc) is 2.90. The lowest BCUT2D eigenvalue weighted by Gasteiger charge is -2.09. The molecule has 0 aliphatic carbocycles. The van der Waals surface area contributed by atoms with Gasteiger partial charge >= 0.3 is 0 Å². The van der Waals surface area contributed by atoms with Crippen molar-refractivity contribution < 1.29 is 12.8 Å². The maximum Gasteiger partial charge on any atom is 0.264 e. The number of nitrogens with zero attached hydrogens (tertiary/aromatic N) is 2. The van der Waals surface area contributed by atoms with Crippen molar-refractivity contribution in [3.05, 3.63) is 54.1 Å². The Morgan fingerprint density at radius 3 is 2.78 bits per heavy atom. The number of hydrogen-bond donors (Lipinski definition) is 1. The first kappa shape index (κ1) is 15.5.